The lowest BCUT2D eigenvalue weighted by atomic mass is 10.1. The standard InChI is InChI=1S/C11H9F4N/c1-3-7(2)16-10-6-8(11(13,14)15)4-5-9(10)12/h1,4-7,16H,2H3. The fourth-order valence-electron chi connectivity index (χ4n) is 1.09. The molecule has 1 nitrogen and oxygen atoms in total. The zero-order valence-electron chi connectivity index (χ0n) is 8.40. The maximum Gasteiger partial charge on any atom is 0.416 e. The molecule has 1 atom stereocenters. The van der Waals surface area contributed by atoms with Gasteiger partial charge >= 0.3 is 6.18 Å². The van der Waals surface area contributed by atoms with Crippen LogP contribution in [-0.2, 0) is 6.18 Å². The van der Waals surface area contributed by atoms with E-state index in [1.807, 2.05) is 0 Å². The van der Waals surface area contributed by atoms with Crippen LogP contribution in [0.2, 0.25) is 0 Å². The van der Waals surface area contributed by atoms with E-state index in [1.54, 1.807) is 6.92 Å². The largest absolute Gasteiger partial charge is 0.416 e. The van der Waals surface area contributed by atoms with E-state index >= 15 is 0 Å². The minimum atomic E-state index is -4.50. The van der Waals surface area contributed by atoms with Gasteiger partial charge in [0.1, 0.15) is 5.82 Å². The molecule has 0 aliphatic heterocycles. The zero-order chi connectivity index (χ0) is 12.3. The summed E-state index contributed by atoms with van der Waals surface area (Å²) < 4.78 is 50.1. The number of rotatable bonds is 2. The Kier molecular flexibility index (Phi) is 3.43. The van der Waals surface area contributed by atoms with E-state index in [9.17, 15) is 17.6 Å². The fourth-order valence-corrected chi connectivity index (χ4v) is 1.09. The monoisotopic (exact) mass is 231 g/mol. The number of anilines is 1. The Morgan fingerprint density at radius 2 is 2.00 bits per heavy atom. The maximum atomic E-state index is 13.2. The number of nitrogens with one attached hydrogen (secondary N) is 1. The first-order valence-electron chi connectivity index (χ1n) is 4.44. The van der Waals surface area contributed by atoms with Gasteiger partial charge in [0.05, 0.1) is 17.3 Å². The molecular formula is C11H9F4N. The van der Waals surface area contributed by atoms with Crippen LogP contribution < -0.4 is 5.32 Å². The van der Waals surface area contributed by atoms with Crippen molar-refractivity contribution < 1.29 is 17.6 Å². The van der Waals surface area contributed by atoms with Crippen molar-refractivity contribution in [1.29, 1.82) is 0 Å². The molecule has 0 spiro atoms. The average Bonchev–Trinajstić information content (AvgIpc) is 2.19. The third kappa shape index (κ3) is 2.89. The van der Waals surface area contributed by atoms with Crippen LogP contribution in [0.1, 0.15) is 12.5 Å². The molecule has 16 heavy (non-hydrogen) atoms. The predicted octanol–water partition coefficient (Wildman–Crippen LogP) is 3.28. The normalized spacial score (nSPS) is 13.0. The van der Waals surface area contributed by atoms with Crippen molar-refractivity contribution in [2.75, 3.05) is 5.32 Å². The van der Waals surface area contributed by atoms with Crippen LogP contribution in [0, 0.1) is 18.2 Å². The second kappa shape index (κ2) is 4.44. The smallest absolute Gasteiger partial charge is 0.369 e. The van der Waals surface area contributed by atoms with Gasteiger partial charge in [0, 0.05) is 0 Å². The lowest BCUT2D eigenvalue weighted by molar-refractivity contribution is -0.137. The highest BCUT2D eigenvalue weighted by Gasteiger charge is 2.31. The number of hydrogen-bond donors (Lipinski definition) is 1. The van der Waals surface area contributed by atoms with Gasteiger partial charge in [0.2, 0.25) is 0 Å². The number of benzene rings is 1. The minimum absolute atomic E-state index is 0.250. The summed E-state index contributed by atoms with van der Waals surface area (Å²) >= 11 is 0. The summed E-state index contributed by atoms with van der Waals surface area (Å²) in [6.45, 7) is 1.54. The third-order valence-electron chi connectivity index (χ3n) is 1.92. The second-order valence-corrected chi connectivity index (χ2v) is 3.23. The molecule has 5 heteroatoms. The Morgan fingerprint density at radius 1 is 1.38 bits per heavy atom. The first-order valence-corrected chi connectivity index (χ1v) is 4.44. The van der Waals surface area contributed by atoms with Crippen LogP contribution in [0.4, 0.5) is 23.2 Å². The zero-order valence-corrected chi connectivity index (χ0v) is 8.40. The quantitative estimate of drug-likeness (QED) is 0.608. The molecule has 0 fully saturated rings. The Labute approximate surface area is 90.5 Å². The molecule has 86 valence electrons. The predicted molar refractivity (Wildman–Crippen MR) is 53.3 cm³/mol. The third-order valence-corrected chi connectivity index (χ3v) is 1.92. The van der Waals surface area contributed by atoms with Crippen LogP contribution in [-0.4, -0.2) is 6.04 Å². The van der Waals surface area contributed by atoms with E-state index in [1.165, 1.54) is 0 Å². The summed E-state index contributed by atoms with van der Waals surface area (Å²) in [4.78, 5) is 0. The highest BCUT2D eigenvalue weighted by Crippen LogP contribution is 2.31. The molecule has 0 radical (unpaired) electrons. The first kappa shape index (κ1) is 12.4. The van der Waals surface area contributed by atoms with Gasteiger partial charge in [-0.1, -0.05) is 5.92 Å². The molecule has 0 amide bonds. The minimum Gasteiger partial charge on any atom is -0.369 e. The van der Waals surface area contributed by atoms with Crippen molar-refractivity contribution in [3.63, 3.8) is 0 Å². The summed E-state index contributed by atoms with van der Waals surface area (Å²) in [6, 6.07) is 1.59. The molecule has 1 N–H and O–H groups in total. The lowest BCUT2D eigenvalue weighted by Crippen LogP contribution is -2.14. The van der Waals surface area contributed by atoms with Crippen LogP contribution in [0.15, 0.2) is 18.2 Å². The van der Waals surface area contributed by atoms with Crippen LogP contribution >= 0.6 is 0 Å². The Hall–Kier alpha value is -1.70. The van der Waals surface area contributed by atoms with Crippen molar-refractivity contribution in [3.05, 3.63) is 29.6 Å². The van der Waals surface area contributed by atoms with Gasteiger partial charge in [0.25, 0.3) is 0 Å². The molecular weight excluding hydrogens is 222 g/mol. The van der Waals surface area contributed by atoms with Gasteiger partial charge in [0.15, 0.2) is 0 Å². The van der Waals surface area contributed by atoms with E-state index in [0.717, 1.165) is 6.07 Å². The number of halogens is 4. The Balaban J connectivity index is 3.05. The molecule has 0 aliphatic carbocycles. The van der Waals surface area contributed by atoms with Crippen LogP contribution in [0.25, 0.3) is 0 Å². The summed E-state index contributed by atoms with van der Waals surface area (Å²) in [5.41, 5.74) is -1.17. The molecule has 1 aromatic carbocycles. The van der Waals surface area contributed by atoms with Gasteiger partial charge in [-0.3, -0.25) is 0 Å². The highest BCUT2D eigenvalue weighted by atomic mass is 19.4. The summed E-state index contributed by atoms with van der Waals surface area (Å²) in [5.74, 6) is 1.47. The van der Waals surface area contributed by atoms with E-state index in [-0.39, 0.29) is 5.69 Å². The molecule has 0 aliphatic rings. The van der Waals surface area contributed by atoms with Gasteiger partial charge in [-0.2, -0.15) is 13.2 Å². The maximum absolute atomic E-state index is 13.2. The molecule has 0 bridgehead atoms. The van der Waals surface area contributed by atoms with Crippen molar-refractivity contribution in [1.82, 2.24) is 0 Å². The van der Waals surface area contributed by atoms with Crippen LogP contribution in [0.3, 0.4) is 0 Å². The Morgan fingerprint density at radius 3 is 2.50 bits per heavy atom. The molecule has 0 aromatic heterocycles. The second-order valence-electron chi connectivity index (χ2n) is 3.23. The molecule has 1 rings (SSSR count). The van der Waals surface area contributed by atoms with Crippen molar-refractivity contribution in [3.8, 4) is 12.3 Å². The van der Waals surface area contributed by atoms with E-state index in [0.29, 0.717) is 12.1 Å². The summed E-state index contributed by atoms with van der Waals surface area (Å²) in [5, 5.41) is 2.46. The molecule has 1 aromatic rings. The van der Waals surface area contributed by atoms with E-state index in [4.69, 9.17) is 6.42 Å². The van der Waals surface area contributed by atoms with Gasteiger partial charge in [-0.05, 0) is 25.1 Å². The average molecular weight is 231 g/mol. The van der Waals surface area contributed by atoms with Crippen molar-refractivity contribution in [2.24, 2.45) is 0 Å². The number of terminal acetylenes is 1. The topological polar surface area (TPSA) is 12.0 Å². The Bertz CT molecular complexity index is 417. The van der Waals surface area contributed by atoms with E-state index < -0.39 is 23.6 Å². The summed E-state index contributed by atoms with van der Waals surface area (Å²) in [6.07, 6.45) is 0.540. The first-order chi connectivity index (χ1) is 7.34. The number of alkyl halides is 3. The molecule has 1 unspecified atom stereocenters. The van der Waals surface area contributed by atoms with Gasteiger partial charge in [-0.15, -0.1) is 6.42 Å². The van der Waals surface area contributed by atoms with Crippen LogP contribution in [0.5, 0.6) is 0 Å². The molecule has 0 heterocycles. The van der Waals surface area contributed by atoms with Crippen molar-refractivity contribution >= 4 is 5.69 Å². The van der Waals surface area contributed by atoms with E-state index in [2.05, 4.69) is 11.2 Å². The molecule has 0 saturated heterocycles. The van der Waals surface area contributed by atoms with Crippen molar-refractivity contribution in [2.45, 2.75) is 19.1 Å². The SMILES string of the molecule is C#CC(C)Nc1cc(C(F)(F)F)ccc1F. The van der Waals surface area contributed by atoms with Gasteiger partial charge in [-0.25, -0.2) is 4.39 Å². The highest BCUT2D eigenvalue weighted by molar-refractivity contribution is 5.49. The van der Waals surface area contributed by atoms with Gasteiger partial charge < -0.3 is 5.32 Å². The fraction of sp³-hybridized carbons (Fsp3) is 0.273. The summed E-state index contributed by atoms with van der Waals surface area (Å²) in [7, 11) is 0. The lowest BCUT2D eigenvalue weighted by Gasteiger charge is -2.13. The molecule has 0 saturated carbocycles. The number of hydrogen-bond acceptors (Lipinski definition) is 1.